The van der Waals surface area contributed by atoms with Crippen LogP contribution in [0.25, 0.3) is 0 Å². The number of hydrogen-bond acceptors (Lipinski definition) is 0. The molecule has 2 fully saturated rings. The van der Waals surface area contributed by atoms with Crippen LogP contribution in [0.2, 0.25) is 0 Å². The molecule has 0 radical (unpaired) electrons. The third-order valence-electron chi connectivity index (χ3n) is 7.70. The van der Waals surface area contributed by atoms with Crippen LogP contribution in [0.5, 0.6) is 0 Å². The quantitative estimate of drug-likeness (QED) is 0.511. The summed E-state index contributed by atoms with van der Waals surface area (Å²) in [7, 11) is 0. The minimum atomic E-state index is 0.588. The molecule has 0 aromatic carbocycles. The molecule has 0 aliphatic heterocycles. The van der Waals surface area contributed by atoms with Gasteiger partial charge in [0.1, 0.15) is 0 Å². The van der Waals surface area contributed by atoms with Gasteiger partial charge in [-0.05, 0) is 66.6 Å². The van der Waals surface area contributed by atoms with E-state index in [1.165, 1.54) is 44.9 Å². The van der Waals surface area contributed by atoms with Gasteiger partial charge >= 0.3 is 0 Å². The summed E-state index contributed by atoms with van der Waals surface area (Å²) in [5.41, 5.74) is 2.41. The van der Waals surface area contributed by atoms with Gasteiger partial charge in [0.15, 0.2) is 0 Å². The van der Waals surface area contributed by atoms with E-state index in [1.807, 2.05) is 5.57 Å². The van der Waals surface area contributed by atoms with Crippen LogP contribution in [0.15, 0.2) is 23.8 Å². The van der Waals surface area contributed by atoms with Gasteiger partial charge in [-0.15, -0.1) is 0 Å². The van der Waals surface area contributed by atoms with Gasteiger partial charge in [0, 0.05) is 0 Å². The molecule has 23 heavy (non-hydrogen) atoms. The number of allylic oxidation sites excluding steroid dienone is 4. The first-order valence-corrected chi connectivity index (χ1v) is 10.3. The van der Waals surface area contributed by atoms with E-state index in [0.717, 1.165) is 35.5 Å². The van der Waals surface area contributed by atoms with Crippen LogP contribution in [0.1, 0.15) is 79.6 Å². The van der Waals surface area contributed by atoms with E-state index in [0.29, 0.717) is 5.41 Å². The lowest BCUT2D eigenvalue weighted by Crippen LogP contribution is -2.40. The van der Waals surface area contributed by atoms with Crippen LogP contribution >= 0.6 is 0 Å². The molecule has 3 rings (SSSR count). The Balaban J connectivity index is 1.70. The van der Waals surface area contributed by atoms with Crippen molar-refractivity contribution in [2.75, 3.05) is 0 Å². The maximum absolute atomic E-state index is 2.65. The van der Waals surface area contributed by atoms with Crippen LogP contribution in [0.4, 0.5) is 0 Å². The predicted octanol–water partition coefficient (Wildman–Crippen LogP) is 7.02. The Morgan fingerprint density at radius 2 is 1.91 bits per heavy atom. The van der Waals surface area contributed by atoms with Gasteiger partial charge in [0.25, 0.3) is 0 Å². The van der Waals surface area contributed by atoms with Crippen LogP contribution in [0.3, 0.4) is 0 Å². The van der Waals surface area contributed by atoms with Crippen molar-refractivity contribution in [2.24, 2.45) is 40.9 Å². The molecule has 0 unspecified atom stereocenters. The summed E-state index contributed by atoms with van der Waals surface area (Å²) >= 11 is 0. The van der Waals surface area contributed by atoms with Crippen molar-refractivity contribution in [1.82, 2.24) is 0 Å². The zero-order valence-electron chi connectivity index (χ0n) is 16.1. The number of rotatable bonds is 5. The first kappa shape index (κ1) is 17.3. The molecule has 3 aliphatic carbocycles. The summed E-state index contributed by atoms with van der Waals surface area (Å²) < 4.78 is 0. The van der Waals surface area contributed by atoms with Crippen molar-refractivity contribution in [3.8, 4) is 0 Å². The highest BCUT2D eigenvalue weighted by Crippen LogP contribution is 2.62. The number of fused-ring (bicyclic) bond motifs is 3. The molecule has 2 saturated carbocycles. The third kappa shape index (κ3) is 3.20. The molecule has 0 bridgehead atoms. The van der Waals surface area contributed by atoms with Gasteiger partial charge in [-0.2, -0.15) is 0 Å². The van der Waals surface area contributed by atoms with Gasteiger partial charge in [-0.3, -0.25) is 0 Å². The molecule has 0 heterocycles. The van der Waals surface area contributed by atoms with Gasteiger partial charge in [0.05, 0.1) is 0 Å². The molecule has 130 valence electrons. The lowest BCUT2D eigenvalue weighted by atomic mass is 9.56. The number of hydrogen-bond donors (Lipinski definition) is 0. The first-order valence-electron chi connectivity index (χ1n) is 10.3. The maximum Gasteiger partial charge on any atom is -0.0136 e. The lowest BCUT2D eigenvalue weighted by Gasteiger charge is -2.49. The van der Waals surface area contributed by atoms with Crippen LogP contribution in [-0.4, -0.2) is 0 Å². The normalized spacial score (nSPS) is 40.7. The standard InChI is InChI=1S/C23H38/c1-16(2)8-6-10-18(4)21-12-13-22-20-11-7-9-17(3)19(20)14-15-23(21,22)5/h7,9,11,16-19,21-22H,6,8,10,12-15H2,1-5H3/t17-,18-,19+,21-,22-,23-/m1/s1. The lowest BCUT2D eigenvalue weighted by molar-refractivity contribution is 0.0718. The Morgan fingerprint density at radius 3 is 2.65 bits per heavy atom. The highest BCUT2D eigenvalue weighted by molar-refractivity contribution is 5.30. The molecule has 0 aromatic heterocycles. The second kappa shape index (κ2) is 6.77. The summed E-state index contributed by atoms with van der Waals surface area (Å²) in [6.07, 6.45) is 17.4. The summed E-state index contributed by atoms with van der Waals surface area (Å²) in [4.78, 5) is 0. The Labute approximate surface area is 144 Å². The van der Waals surface area contributed by atoms with E-state index in [1.54, 1.807) is 0 Å². The predicted molar refractivity (Wildman–Crippen MR) is 101 cm³/mol. The second-order valence-electron chi connectivity index (χ2n) is 9.60. The largest absolute Gasteiger partial charge is 0.0811 e. The molecule has 0 heteroatoms. The van der Waals surface area contributed by atoms with Crippen molar-refractivity contribution in [2.45, 2.75) is 79.6 Å². The summed E-state index contributed by atoms with van der Waals surface area (Å²) in [6.45, 7) is 12.4. The highest BCUT2D eigenvalue weighted by atomic mass is 14.6. The fraction of sp³-hybridized carbons (Fsp3) is 0.826. The van der Waals surface area contributed by atoms with Crippen molar-refractivity contribution < 1.29 is 0 Å². The topological polar surface area (TPSA) is 0 Å². The van der Waals surface area contributed by atoms with E-state index in [-0.39, 0.29) is 0 Å². The zero-order valence-corrected chi connectivity index (χ0v) is 16.1. The first-order chi connectivity index (χ1) is 10.9. The monoisotopic (exact) mass is 314 g/mol. The van der Waals surface area contributed by atoms with Gasteiger partial charge in [-0.1, -0.05) is 77.7 Å². The van der Waals surface area contributed by atoms with E-state index in [4.69, 9.17) is 0 Å². The Hall–Kier alpha value is -0.520. The molecular formula is C23H38. The highest BCUT2D eigenvalue weighted by Gasteiger charge is 2.53. The second-order valence-corrected chi connectivity index (χ2v) is 9.60. The Morgan fingerprint density at radius 1 is 1.13 bits per heavy atom. The fourth-order valence-corrected chi connectivity index (χ4v) is 6.33. The Bertz CT molecular complexity index is 468. The molecular weight excluding hydrogens is 276 g/mol. The SMILES string of the molecule is CC(C)CCC[C@@H](C)[C@H]1CC[C@@H]2C3=CC=C[C@@H](C)[C@@H]3CC[C@@]21C. The molecule has 0 aromatic rings. The molecule has 0 N–H and O–H groups in total. The molecule has 0 saturated heterocycles. The van der Waals surface area contributed by atoms with Crippen LogP contribution < -0.4 is 0 Å². The molecule has 0 amide bonds. The van der Waals surface area contributed by atoms with Gasteiger partial charge in [-0.25, -0.2) is 0 Å². The van der Waals surface area contributed by atoms with Crippen molar-refractivity contribution in [1.29, 1.82) is 0 Å². The van der Waals surface area contributed by atoms with Crippen molar-refractivity contribution in [3.63, 3.8) is 0 Å². The fourth-order valence-electron chi connectivity index (χ4n) is 6.33. The van der Waals surface area contributed by atoms with Crippen molar-refractivity contribution >= 4 is 0 Å². The smallest absolute Gasteiger partial charge is 0.0136 e. The van der Waals surface area contributed by atoms with Crippen LogP contribution in [-0.2, 0) is 0 Å². The average Bonchev–Trinajstić information content (AvgIpc) is 2.84. The minimum Gasteiger partial charge on any atom is -0.0811 e. The summed E-state index contributed by atoms with van der Waals surface area (Å²) in [5, 5.41) is 0. The maximum atomic E-state index is 2.65. The summed E-state index contributed by atoms with van der Waals surface area (Å²) in [6, 6.07) is 0. The van der Waals surface area contributed by atoms with E-state index < -0.39 is 0 Å². The molecule has 0 nitrogen and oxygen atoms in total. The van der Waals surface area contributed by atoms with E-state index in [9.17, 15) is 0 Å². The molecule has 6 atom stereocenters. The van der Waals surface area contributed by atoms with E-state index in [2.05, 4.69) is 52.8 Å². The molecule has 0 spiro atoms. The molecule has 3 aliphatic rings. The van der Waals surface area contributed by atoms with Gasteiger partial charge < -0.3 is 0 Å². The van der Waals surface area contributed by atoms with E-state index >= 15 is 0 Å². The average molecular weight is 315 g/mol. The Kier molecular flexibility index (Phi) is 5.09. The van der Waals surface area contributed by atoms with Crippen LogP contribution in [0, 0.1) is 40.9 Å². The zero-order chi connectivity index (χ0) is 16.6. The van der Waals surface area contributed by atoms with Crippen molar-refractivity contribution in [3.05, 3.63) is 23.8 Å². The van der Waals surface area contributed by atoms with Gasteiger partial charge in [0.2, 0.25) is 0 Å². The minimum absolute atomic E-state index is 0.588. The summed E-state index contributed by atoms with van der Waals surface area (Å²) in [5.74, 6) is 5.24. The third-order valence-corrected chi connectivity index (χ3v) is 7.70.